The van der Waals surface area contributed by atoms with E-state index >= 15 is 0 Å². The molecular weight excluding hydrogens is 490 g/mol. The monoisotopic (exact) mass is 521 g/mol. The summed E-state index contributed by atoms with van der Waals surface area (Å²) >= 11 is 5.85. The van der Waals surface area contributed by atoms with Crippen LogP contribution in [0.15, 0.2) is 72.8 Å². The predicted molar refractivity (Wildman–Crippen MR) is 147 cm³/mol. The Balaban J connectivity index is 1.45. The molecule has 3 N–H and O–H groups in total. The van der Waals surface area contributed by atoms with E-state index in [-0.39, 0.29) is 36.3 Å². The number of para-hydroxylation sites is 1. The highest BCUT2D eigenvalue weighted by Gasteiger charge is 2.15. The molecule has 0 aliphatic carbocycles. The number of unbranched alkanes of at least 4 members (excludes halogenated alkanes) is 3. The van der Waals surface area contributed by atoms with Gasteiger partial charge < -0.3 is 20.7 Å². The molecule has 0 heterocycles. The van der Waals surface area contributed by atoms with Crippen molar-refractivity contribution in [1.82, 2.24) is 5.32 Å². The molecule has 3 aromatic carbocycles. The lowest BCUT2D eigenvalue weighted by Gasteiger charge is -2.12. The first-order valence-corrected chi connectivity index (χ1v) is 12.8. The number of aryl methyl sites for hydroxylation is 1. The third-order valence-electron chi connectivity index (χ3n) is 5.58. The molecule has 0 unspecified atom stereocenters. The van der Waals surface area contributed by atoms with Gasteiger partial charge in [-0.25, -0.2) is 0 Å². The summed E-state index contributed by atoms with van der Waals surface area (Å²) in [7, 11) is 0. The number of benzene rings is 3. The number of carbonyl (C=O) groups is 3. The molecular formula is C29H32ClN3O4. The minimum atomic E-state index is -0.480. The van der Waals surface area contributed by atoms with E-state index in [0.717, 1.165) is 12.8 Å². The molecule has 0 bridgehead atoms. The smallest absolute Gasteiger partial charge is 0.262 e. The van der Waals surface area contributed by atoms with Crippen LogP contribution in [-0.4, -0.2) is 30.9 Å². The molecule has 0 saturated heterocycles. The number of anilines is 2. The van der Waals surface area contributed by atoms with Crippen LogP contribution in [0.1, 0.15) is 48.5 Å². The van der Waals surface area contributed by atoms with Gasteiger partial charge in [-0.2, -0.15) is 0 Å². The standard InChI is InChI=1S/C29H32ClN3O4/c1-2-3-4-5-8-21-11-15-23(16-12-21)32-27(34)19-31-29(36)25-9-6-7-10-26(25)37-20-28(35)33-24-17-13-22(30)14-18-24/h6-7,9-18H,2-5,8,19-20H2,1H3,(H,31,36)(H,32,34)(H,33,35). The molecule has 0 fully saturated rings. The highest BCUT2D eigenvalue weighted by Crippen LogP contribution is 2.19. The van der Waals surface area contributed by atoms with Crippen LogP contribution >= 0.6 is 11.6 Å². The van der Waals surface area contributed by atoms with Crippen LogP contribution in [0.2, 0.25) is 5.02 Å². The van der Waals surface area contributed by atoms with Crippen molar-refractivity contribution < 1.29 is 19.1 Å². The summed E-state index contributed by atoms with van der Waals surface area (Å²) in [6.45, 7) is 1.70. The fourth-order valence-electron chi connectivity index (χ4n) is 3.63. The lowest BCUT2D eigenvalue weighted by atomic mass is 10.1. The van der Waals surface area contributed by atoms with E-state index in [4.69, 9.17) is 16.3 Å². The summed E-state index contributed by atoms with van der Waals surface area (Å²) < 4.78 is 5.57. The highest BCUT2D eigenvalue weighted by molar-refractivity contribution is 6.30. The van der Waals surface area contributed by atoms with Crippen molar-refractivity contribution in [3.05, 3.63) is 88.9 Å². The average Bonchev–Trinajstić information content (AvgIpc) is 2.91. The van der Waals surface area contributed by atoms with Crippen LogP contribution in [-0.2, 0) is 16.0 Å². The maximum atomic E-state index is 12.7. The van der Waals surface area contributed by atoms with Gasteiger partial charge in [0.25, 0.3) is 11.8 Å². The summed E-state index contributed by atoms with van der Waals surface area (Å²) in [6, 6.07) is 21.0. The van der Waals surface area contributed by atoms with Gasteiger partial charge in [0.15, 0.2) is 6.61 Å². The zero-order chi connectivity index (χ0) is 26.5. The highest BCUT2D eigenvalue weighted by atomic mass is 35.5. The zero-order valence-corrected chi connectivity index (χ0v) is 21.6. The quantitative estimate of drug-likeness (QED) is 0.246. The third-order valence-corrected chi connectivity index (χ3v) is 5.84. The number of carbonyl (C=O) groups excluding carboxylic acids is 3. The normalized spacial score (nSPS) is 10.4. The SMILES string of the molecule is CCCCCCc1ccc(NC(=O)CNC(=O)c2ccccc2OCC(=O)Nc2ccc(Cl)cc2)cc1. The molecule has 0 aliphatic heterocycles. The second kappa shape index (κ2) is 14.7. The molecule has 194 valence electrons. The number of nitrogens with one attached hydrogen (secondary N) is 3. The Kier molecular flexibility index (Phi) is 11.0. The van der Waals surface area contributed by atoms with Crippen molar-refractivity contribution in [1.29, 1.82) is 0 Å². The number of rotatable bonds is 13. The molecule has 8 heteroatoms. The van der Waals surface area contributed by atoms with Gasteiger partial charge in [-0.15, -0.1) is 0 Å². The van der Waals surface area contributed by atoms with Gasteiger partial charge in [0.1, 0.15) is 5.75 Å². The summed E-state index contributed by atoms with van der Waals surface area (Å²) in [6.07, 6.45) is 5.86. The molecule has 3 aromatic rings. The summed E-state index contributed by atoms with van der Waals surface area (Å²) in [4.78, 5) is 37.3. The Morgan fingerprint density at radius 3 is 2.14 bits per heavy atom. The minimum Gasteiger partial charge on any atom is -0.483 e. The van der Waals surface area contributed by atoms with Crippen molar-refractivity contribution in [3.63, 3.8) is 0 Å². The number of ether oxygens (including phenoxy) is 1. The Morgan fingerprint density at radius 2 is 1.43 bits per heavy atom. The van der Waals surface area contributed by atoms with Crippen molar-refractivity contribution >= 4 is 40.7 Å². The number of hydrogen-bond donors (Lipinski definition) is 3. The van der Waals surface area contributed by atoms with E-state index in [1.165, 1.54) is 24.8 Å². The summed E-state index contributed by atoms with van der Waals surface area (Å²) in [5, 5.41) is 8.64. The first kappa shape index (κ1) is 27.7. The maximum Gasteiger partial charge on any atom is 0.262 e. The van der Waals surface area contributed by atoms with E-state index in [1.54, 1.807) is 48.5 Å². The molecule has 3 amide bonds. The molecule has 7 nitrogen and oxygen atoms in total. The molecule has 0 radical (unpaired) electrons. The van der Waals surface area contributed by atoms with E-state index < -0.39 is 5.91 Å². The maximum absolute atomic E-state index is 12.7. The lowest BCUT2D eigenvalue weighted by Crippen LogP contribution is -2.33. The van der Waals surface area contributed by atoms with Gasteiger partial charge in [-0.3, -0.25) is 14.4 Å². The molecule has 0 spiro atoms. The van der Waals surface area contributed by atoms with Crippen molar-refractivity contribution in [3.8, 4) is 5.75 Å². The lowest BCUT2D eigenvalue weighted by molar-refractivity contribution is -0.118. The Hall–Kier alpha value is -3.84. The second-order valence-electron chi connectivity index (χ2n) is 8.58. The topological polar surface area (TPSA) is 96.5 Å². The first-order chi connectivity index (χ1) is 17.9. The van der Waals surface area contributed by atoms with Crippen molar-refractivity contribution in [2.45, 2.75) is 39.0 Å². The number of halogens is 1. The third kappa shape index (κ3) is 9.61. The van der Waals surface area contributed by atoms with Crippen LogP contribution in [0.5, 0.6) is 5.75 Å². The minimum absolute atomic E-state index is 0.205. The van der Waals surface area contributed by atoms with Crippen LogP contribution in [0.25, 0.3) is 0 Å². The van der Waals surface area contributed by atoms with Crippen LogP contribution in [0, 0.1) is 0 Å². The fourth-order valence-corrected chi connectivity index (χ4v) is 3.75. The van der Waals surface area contributed by atoms with E-state index in [2.05, 4.69) is 22.9 Å². The van der Waals surface area contributed by atoms with Crippen molar-refractivity contribution in [2.75, 3.05) is 23.8 Å². The van der Waals surface area contributed by atoms with Gasteiger partial charge in [0, 0.05) is 16.4 Å². The predicted octanol–water partition coefficient (Wildman–Crippen LogP) is 5.85. The molecule has 37 heavy (non-hydrogen) atoms. The van der Waals surface area contributed by atoms with E-state index in [9.17, 15) is 14.4 Å². The second-order valence-corrected chi connectivity index (χ2v) is 9.01. The molecule has 0 saturated carbocycles. The van der Waals surface area contributed by atoms with Crippen LogP contribution < -0.4 is 20.7 Å². The number of hydrogen-bond acceptors (Lipinski definition) is 4. The van der Waals surface area contributed by atoms with Crippen LogP contribution in [0.3, 0.4) is 0 Å². The van der Waals surface area contributed by atoms with Gasteiger partial charge in [-0.1, -0.05) is 62.1 Å². The summed E-state index contributed by atoms with van der Waals surface area (Å²) in [5.41, 5.74) is 2.71. The van der Waals surface area contributed by atoms with E-state index in [0.29, 0.717) is 16.4 Å². The number of amides is 3. The van der Waals surface area contributed by atoms with Crippen molar-refractivity contribution in [2.24, 2.45) is 0 Å². The Labute approximate surface area is 222 Å². The Bertz CT molecular complexity index is 1180. The molecule has 0 aliphatic rings. The first-order valence-electron chi connectivity index (χ1n) is 12.4. The average molecular weight is 522 g/mol. The Morgan fingerprint density at radius 1 is 0.784 bits per heavy atom. The van der Waals surface area contributed by atoms with E-state index in [1.807, 2.05) is 24.3 Å². The van der Waals surface area contributed by atoms with Crippen LogP contribution in [0.4, 0.5) is 11.4 Å². The molecule has 3 rings (SSSR count). The van der Waals surface area contributed by atoms with Gasteiger partial charge in [0.05, 0.1) is 12.1 Å². The zero-order valence-electron chi connectivity index (χ0n) is 20.9. The molecule has 0 aromatic heterocycles. The van der Waals surface area contributed by atoms with Gasteiger partial charge in [0.2, 0.25) is 5.91 Å². The largest absolute Gasteiger partial charge is 0.483 e. The molecule has 0 atom stereocenters. The fraction of sp³-hybridized carbons (Fsp3) is 0.276. The van der Waals surface area contributed by atoms with Gasteiger partial charge in [-0.05, 0) is 66.9 Å². The summed E-state index contributed by atoms with van der Waals surface area (Å²) in [5.74, 6) is -0.971. The van der Waals surface area contributed by atoms with Gasteiger partial charge >= 0.3 is 0 Å².